The molecule has 1 aromatic heterocycles. The van der Waals surface area contributed by atoms with Crippen LogP contribution in [0.3, 0.4) is 0 Å². The second-order valence-electron chi connectivity index (χ2n) is 6.32. The highest BCUT2D eigenvalue weighted by molar-refractivity contribution is 7.92. The highest BCUT2D eigenvalue weighted by Gasteiger charge is 2.21. The van der Waals surface area contributed by atoms with Crippen molar-refractivity contribution in [3.05, 3.63) is 82.7 Å². The zero-order valence-corrected chi connectivity index (χ0v) is 17.5. The molecule has 10 nitrogen and oxygen atoms in total. The Morgan fingerprint density at radius 3 is 2.52 bits per heavy atom. The van der Waals surface area contributed by atoms with Gasteiger partial charge < -0.3 is 4.74 Å². The number of rotatable bonds is 8. The summed E-state index contributed by atoms with van der Waals surface area (Å²) in [5.41, 5.74) is 3.83. The van der Waals surface area contributed by atoms with Crippen LogP contribution in [0.1, 0.15) is 12.5 Å². The molecule has 0 aliphatic rings. The van der Waals surface area contributed by atoms with E-state index in [1.165, 1.54) is 31.4 Å². The number of sulfonamides is 1. The van der Waals surface area contributed by atoms with E-state index in [9.17, 15) is 18.5 Å². The van der Waals surface area contributed by atoms with Crippen LogP contribution in [0.25, 0.3) is 0 Å². The molecule has 0 saturated carbocycles. The molecule has 0 unspecified atom stereocenters. The molecule has 2 N–H and O–H groups in total. The molecule has 2 aromatic carbocycles. The zero-order chi connectivity index (χ0) is 22.4. The van der Waals surface area contributed by atoms with Crippen LogP contribution in [0.4, 0.5) is 17.1 Å². The van der Waals surface area contributed by atoms with Gasteiger partial charge in [0.15, 0.2) is 0 Å². The molecule has 0 aliphatic heterocycles. The smallest absolute Gasteiger partial charge is 0.295 e. The molecule has 0 fully saturated rings. The van der Waals surface area contributed by atoms with Gasteiger partial charge in [-0.1, -0.05) is 6.07 Å². The average molecular weight is 441 g/mol. The van der Waals surface area contributed by atoms with Gasteiger partial charge in [-0.2, -0.15) is 5.10 Å². The fourth-order valence-electron chi connectivity index (χ4n) is 2.58. The van der Waals surface area contributed by atoms with Crippen molar-refractivity contribution >= 4 is 32.8 Å². The van der Waals surface area contributed by atoms with E-state index in [1.54, 1.807) is 43.6 Å². The van der Waals surface area contributed by atoms with Gasteiger partial charge in [0.1, 0.15) is 11.4 Å². The first-order chi connectivity index (χ1) is 14.8. The first-order valence-corrected chi connectivity index (χ1v) is 10.4. The van der Waals surface area contributed by atoms with Gasteiger partial charge in [-0.3, -0.25) is 25.2 Å². The van der Waals surface area contributed by atoms with Crippen LogP contribution in [-0.2, 0) is 10.0 Å². The van der Waals surface area contributed by atoms with Crippen LogP contribution in [-0.4, -0.2) is 31.1 Å². The third-order valence-electron chi connectivity index (χ3n) is 4.24. The fourth-order valence-corrected chi connectivity index (χ4v) is 3.66. The lowest BCUT2D eigenvalue weighted by atomic mass is 10.2. The minimum absolute atomic E-state index is 0.0524. The van der Waals surface area contributed by atoms with Crippen molar-refractivity contribution < 1.29 is 18.1 Å². The first kappa shape index (κ1) is 21.7. The van der Waals surface area contributed by atoms with E-state index in [4.69, 9.17) is 4.74 Å². The van der Waals surface area contributed by atoms with Gasteiger partial charge in [-0.05, 0) is 49.4 Å². The number of methoxy groups -OCH3 is 1. The number of ether oxygens (including phenoxy) is 1. The van der Waals surface area contributed by atoms with E-state index in [2.05, 4.69) is 20.2 Å². The molecule has 3 rings (SSSR count). The van der Waals surface area contributed by atoms with Crippen LogP contribution in [0, 0.1) is 10.1 Å². The minimum atomic E-state index is -4.05. The van der Waals surface area contributed by atoms with Crippen molar-refractivity contribution in [2.75, 3.05) is 17.3 Å². The third kappa shape index (κ3) is 5.34. The maximum atomic E-state index is 12.7. The summed E-state index contributed by atoms with van der Waals surface area (Å²) in [7, 11) is -2.55. The number of pyridine rings is 1. The summed E-state index contributed by atoms with van der Waals surface area (Å²) < 4.78 is 32.8. The van der Waals surface area contributed by atoms with E-state index in [0.717, 1.165) is 11.6 Å². The van der Waals surface area contributed by atoms with Crippen LogP contribution < -0.4 is 14.9 Å². The number of hydrogen-bond donors (Lipinski definition) is 2. The average Bonchev–Trinajstić information content (AvgIpc) is 2.78. The van der Waals surface area contributed by atoms with E-state index in [1.807, 2.05) is 0 Å². The van der Waals surface area contributed by atoms with Gasteiger partial charge in [-0.25, -0.2) is 8.42 Å². The number of hydrogen-bond acceptors (Lipinski definition) is 8. The lowest BCUT2D eigenvalue weighted by molar-refractivity contribution is -0.384. The number of aromatic nitrogens is 1. The molecular formula is C20H19N5O5S. The highest BCUT2D eigenvalue weighted by Crippen LogP contribution is 2.29. The maximum Gasteiger partial charge on any atom is 0.295 e. The van der Waals surface area contributed by atoms with Crippen molar-refractivity contribution in [3.8, 4) is 5.75 Å². The Kier molecular flexibility index (Phi) is 6.46. The molecule has 0 radical (unpaired) electrons. The van der Waals surface area contributed by atoms with Gasteiger partial charge in [-0.15, -0.1) is 0 Å². The van der Waals surface area contributed by atoms with Crippen molar-refractivity contribution in [1.29, 1.82) is 0 Å². The Labute approximate surface area is 178 Å². The van der Waals surface area contributed by atoms with Gasteiger partial charge in [0.05, 0.1) is 22.6 Å². The number of nitrogens with zero attached hydrogens (tertiary/aromatic N) is 3. The van der Waals surface area contributed by atoms with Crippen LogP contribution >= 0.6 is 0 Å². The number of nitro groups is 1. The second kappa shape index (κ2) is 9.22. The summed E-state index contributed by atoms with van der Waals surface area (Å²) in [6, 6.07) is 13.3. The standard InChI is InChI=1S/C20H19N5O5S/c1-14(15-4-3-11-21-13-15)22-23-19-10-9-18(12-20(19)25(26)27)31(28,29)24-16-5-7-17(30-2)8-6-16/h3-13,23-24H,1-2H3/b22-14+. The summed E-state index contributed by atoms with van der Waals surface area (Å²) in [6.45, 7) is 1.72. The molecule has 11 heteroatoms. The number of hydrazone groups is 1. The van der Waals surface area contributed by atoms with Crippen molar-refractivity contribution in [2.24, 2.45) is 5.10 Å². The molecule has 0 saturated heterocycles. The van der Waals surface area contributed by atoms with Gasteiger partial charge in [0.2, 0.25) is 0 Å². The largest absolute Gasteiger partial charge is 0.497 e. The van der Waals surface area contributed by atoms with E-state index >= 15 is 0 Å². The molecule has 0 bridgehead atoms. The number of nitrogens with one attached hydrogen (secondary N) is 2. The summed E-state index contributed by atoms with van der Waals surface area (Å²) in [6.07, 6.45) is 3.23. The summed E-state index contributed by atoms with van der Waals surface area (Å²) >= 11 is 0. The van der Waals surface area contributed by atoms with Crippen molar-refractivity contribution in [2.45, 2.75) is 11.8 Å². The van der Waals surface area contributed by atoms with E-state index in [-0.39, 0.29) is 10.6 Å². The van der Waals surface area contributed by atoms with Crippen molar-refractivity contribution in [1.82, 2.24) is 4.98 Å². The van der Waals surface area contributed by atoms with E-state index < -0.39 is 20.6 Å². The highest BCUT2D eigenvalue weighted by atomic mass is 32.2. The first-order valence-electron chi connectivity index (χ1n) is 8.96. The lowest BCUT2D eigenvalue weighted by Crippen LogP contribution is -2.13. The van der Waals surface area contributed by atoms with Crippen LogP contribution in [0.15, 0.2) is 77.0 Å². The molecular weight excluding hydrogens is 422 g/mol. The Morgan fingerprint density at radius 1 is 1.16 bits per heavy atom. The van der Waals surface area contributed by atoms with Crippen LogP contribution in [0.2, 0.25) is 0 Å². The summed E-state index contributed by atoms with van der Waals surface area (Å²) in [5.74, 6) is 0.566. The Morgan fingerprint density at radius 2 is 1.90 bits per heavy atom. The SMILES string of the molecule is COc1ccc(NS(=O)(=O)c2ccc(N/N=C(\C)c3cccnc3)c([N+](=O)[O-])c2)cc1. The predicted molar refractivity (Wildman–Crippen MR) is 117 cm³/mol. The number of nitro benzene ring substituents is 1. The molecule has 0 amide bonds. The monoisotopic (exact) mass is 441 g/mol. The number of anilines is 2. The maximum absolute atomic E-state index is 12.7. The van der Waals surface area contributed by atoms with Gasteiger partial charge >= 0.3 is 0 Å². The van der Waals surface area contributed by atoms with Crippen LogP contribution in [0.5, 0.6) is 5.75 Å². The quantitative estimate of drug-likeness (QED) is 0.309. The molecule has 0 aliphatic carbocycles. The van der Waals surface area contributed by atoms with E-state index in [0.29, 0.717) is 17.1 Å². The lowest BCUT2D eigenvalue weighted by Gasteiger charge is -2.10. The topological polar surface area (TPSA) is 136 Å². The van der Waals surface area contributed by atoms with Crippen molar-refractivity contribution in [3.63, 3.8) is 0 Å². The Bertz CT molecular complexity index is 1210. The molecule has 31 heavy (non-hydrogen) atoms. The fraction of sp³-hybridized carbons (Fsp3) is 0.100. The number of benzene rings is 2. The summed E-state index contributed by atoms with van der Waals surface area (Å²) in [5, 5.41) is 15.7. The Balaban J connectivity index is 1.86. The van der Waals surface area contributed by atoms with Gasteiger partial charge in [0, 0.05) is 29.7 Å². The Hall–Kier alpha value is -3.99. The molecule has 160 valence electrons. The minimum Gasteiger partial charge on any atom is -0.497 e. The summed E-state index contributed by atoms with van der Waals surface area (Å²) in [4.78, 5) is 14.6. The molecule has 0 atom stereocenters. The molecule has 1 heterocycles. The third-order valence-corrected chi connectivity index (χ3v) is 5.62. The van der Waals surface area contributed by atoms with Gasteiger partial charge in [0.25, 0.3) is 15.7 Å². The molecule has 3 aromatic rings. The zero-order valence-electron chi connectivity index (χ0n) is 16.6. The second-order valence-corrected chi connectivity index (χ2v) is 8.00. The predicted octanol–water partition coefficient (Wildman–Crippen LogP) is 3.64. The normalized spacial score (nSPS) is 11.6. The molecule has 0 spiro atoms.